The lowest BCUT2D eigenvalue weighted by Crippen LogP contribution is -2.25. The van der Waals surface area contributed by atoms with E-state index < -0.39 is 0 Å². The van der Waals surface area contributed by atoms with E-state index in [1.165, 1.54) is 0 Å². The molecule has 2 aromatic heterocycles. The van der Waals surface area contributed by atoms with E-state index in [0.29, 0.717) is 0 Å². The van der Waals surface area contributed by atoms with Gasteiger partial charge in [-0.15, -0.1) is 0 Å². The first-order chi connectivity index (χ1) is 9.17. The maximum Gasteiger partial charge on any atom is 0.127 e. The Hall–Kier alpha value is -1.07. The fourth-order valence-corrected chi connectivity index (χ4v) is 2.72. The van der Waals surface area contributed by atoms with Crippen molar-refractivity contribution in [3.63, 3.8) is 0 Å². The molecule has 0 aliphatic rings. The van der Waals surface area contributed by atoms with Crippen molar-refractivity contribution < 1.29 is 4.42 Å². The summed E-state index contributed by atoms with van der Waals surface area (Å²) in [6, 6.07) is 4.05. The van der Waals surface area contributed by atoms with Crippen LogP contribution in [0.3, 0.4) is 0 Å². The lowest BCUT2D eigenvalue weighted by atomic mass is 10.1. The molecule has 4 nitrogen and oxygen atoms in total. The van der Waals surface area contributed by atoms with Crippen LogP contribution in [0.25, 0.3) is 0 Å². The van der Waals surface area contributed by atoms with Crippen molar-refractivity contribution in [1.82, 2.24) is 15.1 Å². The lowest BCUT2D eigenvalue weighted by molar-refractivity contribution is 0.415. The Kier molecular flexibility index (Phi) is 4.82. The predicted octanol–water partition coefficient (Wildman–Crippen LogP) is 3.66. The van der Waals surface area contributed by atoms with E-state index in [1.54, 1.807) is 0 Å². The van der Waals surface area contributed by atoms with E-state index in [1.807, 2.05) is 29.9 Å². The maximum atomic E-state index is 5.79. The maximum absolute atomic E-state index is 5.79. The summed E-state index contributed by atoms with van der Waals surface area (Å²) in [6.45, 7) is 7.98. The van der Waals surface area contributed by atoms with E-state index in [2.05, 4.69) is 40.2 Å². The quantitative estimate of drug-likeness (QED) is 0.881. The van der Waals surface area contributed by atoms with Crippen molar-refractivity contribution in [2.24, 2.45) is 0 Å². The number of aromatic nitrogens is 2. The summed E-state index contributed by atoms with van der Waals surface area (Å²) in [5.74, 6) is 1.86. The van der Waals surface area contributed by atoms with Crippen LogP contribution in [0, 0.1) is 6.92 Å². The number of aryl methyl sites for hydroxylation is 2. The third-order valence-electron chi connectivity index (χ3n) is 3.00. The Morgan fingerprint density at radius 2 is 2.21 bits per heavy atom. The van der Waals surface area contributed by atoms with Crippen molar-refractivity contribution in [3.8, 4) is 0 Å². The molecule has 2 rings (SSSR count). The zero-order valence-electron chi connectivity index (χ0n) is 11.6. The second-order valence-electron chi connectivity index (χ2n) is 4.54. The number of nitrogens with one attached hydrogen (secondary N) is 1. The first-order valence-corrected chi connectivity index (χ1v) is 7.47. The van der Waals surface area contributed by atoms with Gasteiger partial charge >= 0.3 is 0 Å². The van der Waals surface area contributed by atoms with Gasteiger partial charge in [0.25, 0.3) is 0 Å². The molecule has 1 unspecified atom stereocenters. The molecule has 0 spiro atoms. The van der Waals surface area contributed by atoms with Crippen molar-refractivity contribution in [2.75, 3.05) is 6.54 Å². The first-order valence-electron chi connectivity index (χ1n) is 6.68. The van der Waals surface area contributed by atoms with Gasteiger partial charge in [-0.05, 0) is 48.0 Å². The molecule has 19 heavy (non-hydrogen) atoms. The molecule has 0 saturated carbocycles. The highest BCUT2D eigenvalue weighted by atomic mass is 79.9. The third-order valence-corrected chi connectivity index (χ3v) is 3.61. The van der Waals surface area contributed by atoms with Gasteiger partial charge in [0.1, 0.15) is 17.6 Å². The Balaban J connectivity index is 2.41. The number of rotatable bonds is 6. The van der Waals surface area contributed by atoms with Crippen LogP contribution < -0.4 is 5.32 Å². The van der Waals surface area contributed by atoms with Crippen LogP contribution in [-0.2, 0) is 6.54 Å². The van der Waals surface area contributed by atoms with Gasteiger partial charge in [-0.25, -0.2) is 0 Å². The molecule has 0 aliphatic carbocycles. The molecule has 0 bridgehead atoms. The van der Waals surface area contributed by atoms with Crippen LogP contribution in [0.1, 0.15) is 43.5 Å². The van der Waals surface area contributed by atoms with E-state index in [9.17, 15) is 0 Å². The average molecular weight is 326 g/mol. The average Bonchev–Trinajstić information content (AvgIpc) is 2.95. The van der Waals surface area contributed by atoms with Crippen LogP contribution in [0.15, 0.2) is 27.2 Å². The van der Waals surface area contributed by atoms with Gasteiger partial charge in [0.2, 0.25) is 0 Å². The standard InChI is InChI=1S/C14H20BrN3O/c1-4-8-18-14(11(15)9-17-18)13(16-5-2)12-7-6-10(3)19-12/h6-7,9,13,16H,4-5,8H2,1-3H3. The van der Waals surface area contributed by atoms with E-state index in [-0.39, 0.29) is 6.04 Å². The summed E-state index contributed by atoms with van der Waals surface area (Å²) in [5, 5.41) is 7.90. The molecule has 104 valence electrons. The van der Waals surface area contributed by atoms with Crippen LogP contribution in [-0.4, -0.2) is 16.3 Å². The fourth-order valence-electron chi connectivity index (χ4n) is 2.19. The molecule has 2 heterocycles. The van der Waals surface area contributed by atoms with Gasteiger partial charge in [-0.3, -0.25) is 4.68 Å². The highest BCUT2D eigenvalue weighted by Gasteiger charge is 2.23. The molecule has 0 aliphatic heterocycles. The number of furan rings is 1. The molecule has 1 atom stereocenters. The molecule has 1 N–H and O–H groups in total. The predicted molar refractivity (Wildman–Crippen MR) is 79.2 cm³/mol. The molecule has 5 heteroatoms. The summed E-state index contributed by atoms with van der Waals surface area (Å²) < 4.78 is 8.84. The van der Waals surface area contributed by atoms with E-state index >= 15 is 0 Å². The Labute approximate surface area is 122 Å². The molecule has 0 amide bonds. The Morgan fingerprint density at radius 1 is 1.42 bits per heavy atom. The molecule has 0 saturated heterocycles. The second-order valence-corrected chi connectivity index (χ2v) is 5.39. The minimum Gasteiger partial charge on any atom is -0.464 e. The highest BCUT2D eigenvalue weighted by molar-refractivity contribution is 9.10. The Bertz CT molecular complexity index is 533. The number of nitrogens with zero attached hydrogens (tertiary/aromatic N) is 2. The number of hydrogen-bond donors (Lipinski definition) is 1. The van der Waals surface area contributed by atoms with Crippen LogP contribution in [0.4, 0.5) is 0 Å². The van der Waals surface area contributed by atoms with Gasteiger partial charge in [0.05, 0.1) is 16.4 Å². The summed E-state index contributed by atoms with van der Waals surface area (Å²) in [7, 11) is 0. The van der Waals surface area contributed by atoms with Crippen LogP contribution in [0.2, 0.25) is 0 Å². The fraction of sp³-hybridized carbons (Fsp3) is 0.500. The molecular weight excluding hydrogens is 306 g/mol. The van der Waals surface area contributed by atoms with E-state index in [4.69, 9.17) is 4.42 Å². The summed E-state index contributed by atoms with van der Waals surface area (Å²) >= 11 is 3.60. The van der Waals surface area contributed by atoms with Crippen molar-refractivity contribution in [1.29, 1.82) is 0 Å². The lowest BCUT2D eigenvalue weighted by Gasteiger charge is -2.18. The molecule has 2 aromatic rings. The number of halogens is 1. The molecule has 0 aromatic carbocycles. The minimum atomic E-state index is 0.0297. The third kappa shape index (κ3) is 3.09. The first kappa shape index (κ1) is 14.3. The number of hydrogen-bond acceptors (Lipinski definition) is 3. The van der Waals surface area contributed by atoms with Crippen molar-refractivity contribution >= 4 is 15.9 Å². The topological polar surface area (TPSA) is 43.0 Å². The second kappa shape index (κ2) is 6.39. The summed E-state index contributed by atoms with van der Waals surface area (Å²) in [6.07, 6.45) is 2.91. The zero-order chi connectivity index (χ0) is 13.8. The smallest absolute Gasteiger partial charge is 0.127 e. The normalized spacial score (nSPS) is 12.8. The SMILES string of the molecule is CCCn1ncc(Br)c1C(NCC)c1ccc(C)o1. The molecular formula is C14H20BrN3O. The van der Waals surface area contributed by atoms with Gasteiger partial charge < -0.3 is 9.73 Å². The zero-order valence-corrected chi connectivity index (χ0v) is 13.2. The Morgan fingerprint density at radius 3 is 2.79 bits per heavy atom. The molecule has 0 fully saturated rings. The van der Waals surface area contributed by atoms with Crippen molar-refractivity contribution in [3.05, 3.63) is 40.0 Å². The highest BCUT2D eigenvalue weighted by Crippen LogP contribution is 2.29. The largest absolute Gasteiger partial charge is 0.464 e. The molecule has 0 radical (unpaired) electrons. The van der Waals surface area contributed by atoms with Gasteiger partial charge in [-0.1, -0.05) is 13.8 Å². The van der Waals surface area contributed by atoms with Crippen molar-refractivity contribution in [2.45, 2.75) is 39.8 Å². The summed E-state index contributed by atoms with van der Waals surface area (Å²) in [4.78, 5) is 0. The van der Waals surface area contributed by atoms with Gasteiger partial charge in [-0.2, -0.15) is 5.10 Å². The van der Waals surface area contributed by atoms with Gasteiger partial charge in [0, 0.05) is 6.54 Å². The summed E-state index contributed by atoms with van der Waals surface area (Å²) in [5.41, 5.74) is 1.12. The minimum absolute atomic E-state index is 0.0297. The van der Waals surface area contributed by atoms with E-state index in [0.717, 1.165) is 41.2 Å². The van der Waals surface area contributed by atoms with Crippen LogP contribution in [0.5, 0.6) is 0 Å². The monoisotopic (exact) mass is 325 g/mol. The van der Waals surface area contributed by atoms with Crippen LogP contribution >= 0.6 is 15.9 Å². The van der Waals surface area contributed by atoms with Gasteiger partial charge in [0.15, 0.2) is 0 Å².